The van der Waals surface area contributed by atoms with E-state index in [-0.39, 0.29) is 0 Å². The second-order valence-corrected chi connectivity index (χ2v) is 4.35. The molecule has 0 fully saturated rings. The van der Waals surface area contributed by atoms with E-state index in [1.54, 1.807) is 31.4 Å². The molecule has 0 bridgehead atoms. The Balaban J connectivity index is 2.28. The van der Waals surface area contributed by atoms with Crippen molar-refractivity contribution in [3.05, 3.63) is 41.4 Å². The molecular weight excluding hydrogens is 278 g/mol. The van der Waals surface area contributed by atoms with Gasteiger partial charge < -0.3 is 15.2 Å². The number of nitrogens with two attached hydrogens (primary N) is 1. The highest BCUT2D eigenvalue weighted by atomic mass is 35.5. The maximum absolute atomic E-state index is 5.97. The van der Waals surface area contributed by atoms with E-state index in [9.17, 15) is 0 Å². The van der Waals surface area contributed by atoms with Gasteiger partial charge in [-0.3, -0.25) is 0 Å². The number of hydrogen-bond donors (Lipinski definition) is 1. The number of azo groups is 1. The van der Waals surface area contributed by atoms with Crippen molar-refractivity contribution in [2.45, 2.75) is 0 Å². The minimum absolute atomic E-state index is 0.412. The van der Waals surface area contributed by atoms with Crippen LogP contribution in [0.15, 0.2) is 46.6 Å². The molecule has 0 aromatic heterocycles. The number of halogens is 1. The van der Waals surface area contributed by atoms with Crippen LogP contribution in [0.3, 0.4) is 0 Å². The summed E-state index contributed by atoms with van der Waals surface area (Å²) in [4.78, 5) is 0. The van der Waals surface area contributed by atoms with Gasteiger partial charge in [0.2, 0.25) is 0 Å². The van der Waals surface area contributed by atoms with E-state index in [1.165, 1.54) is 7.11 Å². The zero-order valence-corrected chi connectivity index (χ0v) is 11.9. The normalized spacial score (nSPS) is 10.8. The van der Waals surface area contributed by atoms with Gasteiger partial charge in [0.05, 0.1) is 30.6 Å². The predicted octanol–water partition coefficient (Wildman–Crippen LogP) is 4.35. The van der Waals surface area contributed by atoms with Crippen molar-refractivity contribution in [1.29, 1.82) is 0 Å². The first-order valence-corrected chi connectivity index (χ1v) is 6.20. The molecule has 104 valence electrons. The average molecular weight is 292 g/mol. The molecule has 2 rings (SSSR count). The monoisotopic (exact) mass is 291 g/mol. The molecule has 0 unspecified atom stereocenters. The molecule has 5 nitrogen and oxygen atoms in total. The topological polar surface area (TPSA) is 69.2 Å². The van der Waals surface area contributed by atoms with Crippen LogP contribution in [0.4, 0.5) is 17.1 Å². The van der Waals surface area contributed by atoms with Crippen LogP contribution in [-0.4, -0.2) is 14.2 Å². The number of benzene rings is 2. The molecule has 0 saturated carbocycles. The lowest BCUT2D eigenvalue weighted by molar-refractivity contribution is 0.415. The van der Waals surface area contributed by atoms with Crippen molar-refractivity contribution in [3.63, 3.8) is 0 Å². The second kappa shape index (κ2) is 6.25. The highest BCUT2D eigenvalue weighted by molar-refractivity contribution is 6.33. The number of nitrogen functional groups attached to an aromatic ring is 1. The third-order valence-electron chi connectivity index (χ3n) is 2.64. The highest BCUT2D eigenvalue weighted by Gasteiger charge is 2.06. The van der Waals surface area contributed by atoms with E-state index in [4.69, 9.17) is 26.8 Å². The molecule has 0 heterocycles. The fourth-order valence-electron chi connectivity index (χ4n) is 1.56. The summed E-state index contributed by atoms with van der Waals surface area (Å²) >= 11 is 5.97. The second-order valence-electron chi connectivity index (χ2n) is 3.94. The van der Waals surface area contributed by atoms with Crippen molar-refractivity contribution in [3.8, 4) is 11.5 Å². The van der Waals surface area contributed by atoms with Crippen LogP contribution in [-0.2, 0) is 0 Å². The Morgan fingerprint density at radius 3 is 2.30 bits per heavy atom. The first kappa shape index (κ1) is 14.1. The number of nitrogens with zero attached hydrogens (tertiary/aromatic N) is 2. The zero-order chi connectivity index (χ0) is 14.5. The number of anilines is 1. The molecule has 0 atom stereocenters. The molecule has 0 aliphatic rings. The first-order chi connectivity index (χ1) is 9.63. The van der Waals surface area contributed by atoms with Crippen LogP contribution in [0.25, 0.3) is 0 Å². The smallest absolute Gasteiger partial charge is 0.148 e. The van der Waals surface area contributed by atoms with Gasteiger partial charge >= 0.3 is 0 Å². The van der Waals surface area contributed by atoms with Crippen LogP contribution >= 0.6 is 11.6 Å². The summed E-state index contributed by atoms with van der Waals surface area (Å²) in [6.07, 6.45) is 0. The Labute approximate surface area is 122 Å². The third kappa shape index (κ3) is 3.19. The molecule has 0 amide bonds. The van der Waals surface area contributed by atoms with Crippen molar-refractivity contribution in [2.75, 3.05) is 20.0 Å². The summed E-state index contributed by atoms with van der Waals surface area (Å²) in [7, 11) is 3.15. The highest BCUT2D eigenvalue weighted by Crippen LogP contribution is 2.35. The van der Waals surface area contributed by atoms with Gasteiger partial charge in [0.15, 0.2) is 0 Å². The average Bonchev–Trinajstić information content (AvgIpc) is 2.48. The summed E-state index contributed by atoms with van der Waals surface area (Å²) in [5.74, 6) is 1.28. The van der Waals surface area contributed by atoms with Gasteiger partial charge in [-0.2, -0.15) is 5.11 Å². The van der Waals surface area contributed by atoms with Crippen molar-refractivity contribution < 1.29 is 9.47 Å². The minimum atomic E-state index is 0.412. The van der Waals surface area contributed by atoms with Crippen molar-refractivity contribution in [2.24, 2.45) is 10.2 Å². The Hall–Kier alpha value is -2.27. The molecule has 2 aromatic carbocycles. The Kier molecular flexibility index (Phi) is 4.42. The summed E-state index contributed by atoms with van der Waals surface area (Å²) in [6.45, 7) is 0. The lowest BCUT2D eigenvalue weighted by Crippen LogP contribution is -1.89. The van der Waals surface area contributed by atoms with Gasteiger partial charge in [-0.15, -0.1) is 5.11 Å². The van der Waals surface area contributed by atoms with E-state index in [1.807, 2.05) is 12.1 Å². The number of methoxy groups -OCH3 is 2. The maximum Gasteiger partial charge on any atom is 0.148 e. The molecular formula is C14H14ClN3O2. The van der Waals surface area contributed by atoms with E-state index >= 15 is 0 Å². The van der Waals surface area contributed by atoms with Crippen molar-refractivity contribution in [1.82, 2.24) is 0 Å². The molecule has 0 aliphatic carbocycles. The van der Waals surface area contributed by atoms with E-state index < -0.39 is 0 Å². The van der Waals surface area contributed by atoms with Gasteiger partial charge in [0, 0.05) is 6.07 Å². The van der Waals surface area contributed by atoms with Gasteiger partial charge in [0.25, 0.3) is 0 Å². The number of ether oxygens (including phenoxy) is 2. The van der Waals surface area contributed by atoms with E-state index in [2.05, 4.69) is 10.2 Å². The number of hydrogen-bond acceptors (Lipinski definition) is 5. The van der Waals surface area contributed by atoms with Crippen LogP contribution in [0.1, 0.15) is 0 Å². The summed E-state index contributed by atoms with van der Waals surface area (Å²) in [6, 6.07) is 10.4. The Morgan fingerprint density at radius 2 is 1.70 bits per heavy atom. The van der Waals surface area contributed by atoms with Crippen LogP contribution < -0.4 is 15.2 Å². The minimum Gasteiger partial charge on any atom is -0.497 e. The largest absolute Gasteiger partial charge is 0.497 e. The molecule has 2 N–H and O–H groups in total. The molecule has 0 radical (unpaired) electrons. The van der Waals surface area contributed by atoms with E-state index in [0.717, 1.165) is 5.75 Å². The quantitative estimate of drug-likeness (QED) is 0.672. The number of rotatable bonds is 4. The summed E-state index contributed by atoms with van der Waals surface area (Å²) in [5.41, 5.74) is 7.35. The predicted molar refractivity (Wildman–Crippen MR) is 79.6 cm³/mol. The molecule has 0 saturated heterocycles. The third-order valence-corrected chi connectivity index (χ3v) is 2.97. The molecule has 0 aliphatic heterocycles. The maximum atomic E-state index is 5.97. The van der Waals surface area contributed by atoms with Crippen LogP contribution in [0, 0.1) is 0 Å². The standard InChI is InChI=1S/C14H14ClN3O2/c1-19-10-5-3-9(4-6-10)17-18-13-7-11(15)12(16)8-14(13)20-2/h3-8H,16H2,1-2H3. The fraction of sp³-hybridized carbons (Fsp3) is 0.143. The van der Waals surface area contributed by atoms with Gasteiger partial charge in [-0.25, -0.2) is 0 Å². The zero-order valence-electron chi connectivity index (χ0n) is 11.1. The van der Waals surface area contributed by atoms with Crippen molar-refractivity contribution >= 4 is 28.7 Å². The summed E-state index contributed by atoms with van der Waals surface area (Å²) in [5, 5.41) is 8.66. The van der Waals surface area contributed by atoms with Crippen LogP contribution in [0.5, 0.6) is 11.5 Å². The Bertz CT molecular complexity index is 627. The molecule has 2 aromatic rings. The van der Waals surface area contributed by atoms with Gasteiger partial charge in [-0.05, 0) is 30.3 Å². The van der Waals surface area contributed by atoms with E-state index in [0.29, 0.717) is 27.8 Å². The summed E-state index contributed by atoms with van der Waals surface area (Å²) < 4.78 is 10.3. The van der Waals surface area contributed by atoms with Gasteiger partial charge in [-0.1, -0.05) is 11.6 Å². The Morgan fingerprint density at radius 1 is 1.00 bits per heavy atom. The SMILES string of the molecule is COc1ccc(N=Nc2cc(Cl)c(N)cc2OC)cc1. The van der Waals surface area contributed by atoms with Gasteiger partial charge in [0.1, 0.15) is 17.2 Å². The molecule has 6 heteroatoms. The molecule has 0 spiro atoms. The molecule has 20 heavy (non-hydrogen) atoms. The lowest BCUT2D eigenvalue weighted by atomic mass is 10.2. The fourth-order valence-corrected chi connectivity index (χ4v) is 1.72. The van der Waals surface area contributed by atoms with Crippen LogP contribution in [0.2, 0.25) is 5.02 Å². The first-order valence-electron chi connectivity index (χ1n) is 5.83. The lowest BCUT2D eigenvalue weighted by Gasteiger charge is -2.06.